The molecule has 8 heteroatoms. The van der Waals surface area contributed by atoms with Crippen molar-refractivity contribution in [3.8, 4) is 11.9 Å². The summed E-state index contributed by atoms with van der Waals surface area (Å²) < 4.78 is 32.8. The van der Waals surface area contributed by atoms with E-state index in [0.29, 0.717) is 30.4 Å². The fourth-order valence-corrected chi connectivity index (χ4v) is 4.75. The Bertz CT molecular complexity index is 825. The normalized spacial score (nSPS) is 19.8. The van der Waals surface area contributed by atoms with E-state index in [4.69, 9.17) is 4.74 Å². The van der Waals surface area contributed by atoms with Crippen LogP contribution in [0.3, 0.4) is 0 Å². The van der Waals surface area contributed by atoms with Crippen LogP contribution in [-0.2, 0) is 10.0 Å². The van der Waals surface area contributed by atoms with Crippen LogP contribution in [-0.4, -0.2) is 37.3 Å². The molecule has 168 valence electrons. The standard InChI is InChI=1S/C22H36N4O3S/c1-5-7-12-29-21-18(14-23)13-20(16-25-21)24-15-17-8-10-19(11-9-17)26-30(27,28)22(3,4)6-2/h13,16-17,19,24,26H,5-12,15H2,1-4H3. The number of anilines is 1. The molecule has 2 N–H and O–H groups in total. The predicted molar refractivity (Wildman–Crippen MR) is 120 cm³/mol. The third-order valence-corrected chi connectivity index (χ3v) is 8.44. The smallest absolute Gasteiger partial charge is 0.231 e. The Balaban J connectivity index is 1.83. The van der Waals surface area contributed by atoms with E-state index in [1.807, 2.05) is 6.92 Å². The van der Waals surface area contributed by atoms with Crippen molar-refractivity contribution in [2.75, 3.05) is 18.5 Å². The van der Waals surface area contributed by atoms with E-state index in [-0.39, 0.29) is 6.04 Å². The molecule has 1 aliphatic carbocycles. The Morgan fingerprint density at radius 1 is 1.27 bits per heavy atom. The molecule has 1 aromatic rings. The highest BCUT2D eigenvalue weighted by molar-refractivity contribution is 7.90. The molecule has 0 unspecified atom stereocenters. The summed E-state index contributed by atoms with van der Waals surface area (Å²) in [4.78, 5) is 4.28. The molecular formula is C22H36N4O3S. The molecule has 1 aromatic heterocycles. The van der Waals surface area contributed by atoms with Crippen molar-refractivity contribution < 1.29 is 13.2 Å². The molecular weight excluding hydrogens is 400 g/mol. The second-order valence-electron chi connectivity index (χ2n) is 8.72. The molecule has 1 fully saturated rings. The highest BCUT2D eigenvalue weighted by atomic mass is 32.2. The molecule has 7 nitrogen and oxygen atoms in total. The SMILES string of the molecule is CCCCOc1ncc(NCC2CCC(NS(=O)(=O)C(C)(C)CC)CC2)cc1C#N. The zero-order chi connectivity index (χ0) is 22.2. The Morgan fingerprint density at radius 3 is 2.57 bits per heavy atom. The summed E-state index contributed by atoms with van der Waals surface area (Å²) >= 11 is 0. The number of hydrogen-bond acceptors (Lipinski definition) is 6. The van der Waals surface area contributed by atoms with Crippen LogP contribution >= 0.6 is 0 Å². The second-order valence-corrected chi connectivity index (χ2v) is 11.1. The van der Waals surface area contributed by atoms with E-state index in [1.54, 1.807) is 26.1 Å². The lowest BCUT2D eigenvalue weighted by Crippen LogP contribution is -2.47. The number of ether oxygens (including phenoxy) is 1. The average molecular weight is 437 g/mol. The van der Waals surface area contributed by atoms with E-state index in [2.05, 4.69) is 28.0 Å². The van der Waals surface area contributed by atoms with Crippen molar-refractivity contribution in [2.24, 2.45) is 5.92 Å². The first-order valence-electron chi connectivity index (χ1n) is 11.0. The minimum Gasteiger partial charge on any atom is -0.477 e. The Morgan fingerprint density at radius 2 is 1.97 bits per heavy atom. The summed E-state index contributed by atoms with van der Waals surface area (Å²) in [5, 5.41) is 12.7. The number of hydrogen-bond donors (Lipinski definition) is 2. The lowest BCUT2D eigenvalue weighted by molar-refractivity contribution is 0.297. The van der Waals surface area contributed by atoms with E-state index >= 15 is 0 Å². The Kier molecular flexibility index (Phi) is 8.92. The van der Waals surface area contributed by atoms with Gasteiger partial charge in [-0.15, -0.1) is 0 Å². The maximum absolute atomic E-state index is 12.5. The van der Waals surface area contributed by atoms with Gasteiger partial charge >= 0.3 is 0 Å². The quantitative estimate of drug-likeness (QED) is 0.504. The van der Waals surface area contributed by atoms with Crippen LogP contribution < -0.4 is 14.8 Å². The maximum atomic E-state index is 12.5. The van der Waals surface area contributed by atoms with Gasteiger partial charge in [-0.1, -0.05) is 20.3 Å². The van der Waals surface area contributed by atoms with Crippen LogP contribution in [0.15, 0.2) is 12.3 Å². The van der Waals surface area contributed by atoms with Gasteiger partial charge in [0.25, 0.3) is 0 Å². The average Bonchev–Trinajstić information content (AvgIpc) is 2.73. The van der Waals surface area contributed by atoms with Gasteiger partial charge in [0.1, 0.15) is 11.6 Å². The van der Waals surface area contributed by atoms with E-state index in [1.165, 1.54) is 0 Å². The lowest BCUT2D eigenvalue weighted by atomic mass is 9.86. The van der Waals surface area contributed by atoms with Crippen molar-refractivity contribution >= 4 is 15.7 Å². The molecule has 2 rings (SSSR count). The molecule has 30 heavy (non-hydrogen) atoms. The molecule has 0 amide bonds. The van der Waals surface area contributed by atoms with Gasteiger partial charge in [-0.05, 0) is 64.4 Å². The predicted octanol–water partition coefficient (Wildman–Crippen LogP) is 4.21. The minimum absolute atomic E-state index is 0.0171. The van der Waals surface area contributed by atoms with Crippen LogP contribution in [0.1, 0.15) is 78.2 Å². The van der Waals surface area contributed by atoms with Crippen molar-refractivity contribution in [1.82, 2.24) is 9.71 Å². The second kappa shape index (κ2) is 11.0. The molecule has 0 spiro atoms. The number of sulfonamides is 1. The van der Waals surface area contributed by atoms with Gasteiger partial charge in [0, 0.05) is 12.6 Å². The van der Waals surface area contributed by atoms with Gasteiger partial charge in [0.05, 0.1) is 23.2 Å². The minimum atomic E-state index is -3.32. The first kappa shape index (κ1) is 24.4. The van der Waals surface area contributed by atoms with Gasteiger partial charge in [0.15, 0.2) is 0 Å². The van der Waals surface area contributed by atoms with Gasteiger partial charge in [-0.3, -0.25) is 0 Å². The van der Waals surface area contributed by atoms with E-state index < -0.39 is 14.8 Å². The van der Waals surface area contributed by atoms with Gasteiger partial charge in [0.2, 0.25) is 15.9 Å². The fraction of sp³-hybridized carbons (Fsp3) is 0.727. The third kappa shape index (κ3) is 6.58. The van der Waals surface area contributed by atoms with Crippen LogP contribution in [0.4, 0.5) is 5.69 Å². The van der Waals surface area contributed by atoms with Crippen molar-refractivity contribution in [3.05, 3.63) is 17.8 Å². The number of aromatic nitrogens is 1. The van der Waals surface area contributed by atoms with E-state index in [0.717, 1.165) is 50.8 Å². The molecule has 0 bridgehead atoms. The molecule has 0 aliphatic heterocycles. The van der Waals surface area contributed by atoms with Gasteiger partial charge in [-0.25, -0.2) is 18.1 Å². The highest BCUT2D eigenvalue weighted by Crippen LogP contribution is 2.28. The molecule has 0 saturated heterocycles. The number of nitriles is 1. The summed E-state index contributed by atoms with van der Waals surface area (Å²) in [6, 6.07) is 3.95. The number of pyridine rings is 1. The molecule has 0 aromatic carbocycles. The summed E-state index contributed by atoms with van der Waals surface area (Å²) in [6.07, 6.45) is 7.86. The largest absolute Gasteiger partial charge is 0.477 e. The lowest BCUT2D eigenvalue weighted by Gasteiger charge is -2.32. The van der Waals surface area contributed by atoms with Crippen molar-refractivity contribution in [2.45, 2.75) is 83.4 Å². The summed E-state index contributed by atoms with van der Waals surface area (Å²) in [5.41, 5.74) is 1.25. The summed E-state index contributed by atoms with van der Waals surface area (Å²) in [7, 11) is -3.32. The molecule has 0 atom stereocenters. The van der Waals surface area contributed by atoms with Crippen molar-refractivity contribution in [3.63, 3.8) is 0 Å². The number of nitrogens with one attached hydrogen (secondary N) is 2. The number of unbranched alkanes of at least 4 members (excludes halogenated alkanes) is 1. The van der Waals surface area contributed by atoms with Gasteiger partial charge in [-0.2, -0.15) is 5.26 Å². The summed E-state index contributed by atoms with van der Waals surface area (Å²) in [5.74, 6) is 0.857. The highest BCUT2D eigenvalue weighted by Gasteiger charge is 2.35. The fourth-order valence-electron chi connectivity index (χ4n) is 3.37. The molecule has 1 saturated carbocycles. The maximum Gasteiger partial charge on any atom is 0.231 e. The van der Waals surface area contributed by atoms with Crippen molar-refractivity contribution in [1.29, 1.82) is 5.26 Å². The molecule has 1 heterocycles. The summed E-state index contributed by atoms with van der Waals surface area (Å²) in [6.45, 7) is 8.88. The van der Waals surface area contributed by atoms with Gasteiger partial charge < -0.3 is 10.1 Å². The van der Waals surface area contributed by atoms with Crippen LogP contribution in [0.25, 0.3) is 0 Å². The Labute approximate surface area is 181 Å². The van der Waals surface area contributed by atoms with E-state index in [9.17, 15) is 13.7 Å². The van der Waals surface area contributed by atoms with Crippen LogP contribution in [0.2, 0.25) is 0 Å². The first-order valence-corrected chi connectivity index (χ1v) is 12.5. The zero-order valence-corrected chi connectivity index (χ0v) is 19.5. The molecule has 1 aliphatic rings. The molecule has 0 radical (unpaired) electrons. The van der Waals surface area contributed by atoms with Crippen LogP contribution in [0.5, 0.6) is 5.88 Å². The van der Waals surface area contributed by atoms with Crippen LogP contribution in [0, 0.1) is 17.2 Å². The first-order chi connectivity index (χ1) is 14.2. The topological polar surface area (TPSA) is 104 Å². The Hall–Kier alpha value is -1.85. The monoisotopic (exact) mass is 436 g/mol. The number of rotatable bonds is 11. The third-order valence-electron chi connectivity index (χ3n) is 6.05. The number of nitrogens with zero attached hydrogens (tertiary/aromatic N) is 2. The zero-order valence-electron chi connectivity index (χ0n) is 18.7.